The first-order chi connectivity index (χ1) is 12.6. The lowest BCUT2D eigenvalue weighted by atomic mass is 10.1. The van der Waals surface area contributed by atoms with Crippen molar-refractivity contribution in [1.29, 1.82) is 0 Å². The number of fused-ring (bicyclic) bond motifs is 1. The van der Waals surface area contributed by atoms with Gasteiger partial charge in [0.1, 0.15) is 5.37 Å². The zero-order chi connectivity index (χ0) is 18.1. The summed E-state index contributed by atoms with van der Waals surface area (Å²) >= 11 is 1.52. The molecule has 0 bridgehead atoms. The minimum Gasteiger partial charge on any atom is -0.291 e. The molecule has 1 amide bonds. The number of non-ortho nitro benzene ring substituents is 1. The number of anilines is 1. The van der Waals surface area contributed by atoms with E-state index in [9.17, 15) is 14.9 Å². The maximum atomic E-state index is 13.2. The van der Waals surface area contributed by atoms with E-state index >= 15 is 0 Å². The van der Waals surface area contributed by atoms with Crippen molar-refractivity contribution < 1.29 is 9.72 Å². The van der Waals surface area contributed by atoms with E-state index in [1.165, 1.54) is 23.9 Å². The van der Waals surface area contributed by atoms with Crippen molar-refractivity contribution in [3.05, 3.63) is 100 Å². The van der Waals surface area contributed by atoms with Crippen LogP contribution in [0.5, 0.6) is 0 Å². The minimum absolute atomic E-state index is 0.0161. The number of nitrogens with zero attached hydrogens (tertiary/aromatic N) is 2. The third-order valence-electron chi connectivity index (χ3n) is 4.21. The van der Waals surface area contributed by atoms with Crippen LogP contribution in [0.3, 0.4) is 0 Å². The Hall–Kier alpha value is -3.12. The second-order valence-corrected chi connectivity index (χ2v) is 6.95. The number of hydrogen-bond donors (Lipinski definition) is 0. The van der Waals surface area contributed by atoms with Gasteiger partial charge in [-0.3, -0.25) is 19.8 Å². The molecule has 0 radical (unpaired) electrons. The van der Waals surface area contributed by atoms with E-state index in [-0.39, 0.29) is 17.0 Å². The molecular weight excluding hydrogens is 348 g/mol. The largest absolute Gasteiger partial charge is 0.291 e. The summed E-state index contributed by atoms with van der Waals surface area (Å²) in [7, 11) is 0. The molecule has 6 heteroatoms. The maximum absolute atomic E-state index is 13.2. The second-order valence-electron chi connectivity index (χ2n) is 5.83. The fourth-order valence-electron chi connectivity index (χ4n) is 3.01. The van der Waals surface area contributed by atoms with Crippen molar-refractivity contribution in [2.75, 3.05) is 4.90 Å². The highest BCUT2D eigenvalue weighted by Gasteiger charge is 2.35. The summed E-state index contributed by atoms with van der Waals surface area (Å²) in [5, 5.41) is 10.8. The molecule has 26 heavy (non-hydrogen) atoms. The van der Waals surface area contributed by atoms with Crippen LogP contribution in [0.2, 0.25) is 0 Å². The monoisotopic (exact) mass is 362 g/mol. The zero-order valence-corrected chi connectivity index (χ0v) is 14.4. The molecule has 0 aliphatic carbocycles. The van der Waals surface area contributed by atoms with Crippen LogP contribution in [0.15, 0.2) is 83.8 Å². The van der Waals surface area contributed by atoms with Gasteiger partial charge >= 0.3 is 0 Å². The SMILES string of the molecule is O=C1c2ccccc2S[C@H](c2cccc([N+](=O)[O-])c2)N1c1ccccc1. The van der Waals surface area contributed by atoms with E-state index < -0.39 is 4.92 Å². The third-order valence-corrected chi connectivity index (χ3v) is 5.53. The first-order valence-electron chi connectivity index (χ1n) is 8.04. The first-order valence-corrected chi connectivity index (χ1v) is 8.92. The summed E-state index contributed by atoms with van der Waals surface area (Å²) in [6, 6.07) is 23.3. The van der Waals surface area contributed by atoms with E-state index in [0.29, 0.717) is 5.56 Å². The van der Waals surface area contributed by atoms with Gasteiger partial charge in [-0.15, -0.1) is 0 Å². The van der Waals surface area contributed by atoms with Gasteiger partial charge in [0.25, 0.3) is 11.6 Å². The molecule has 0 spiro atoms. The van der Waals surface area contributed by atoms with Crippen molar-refractivity contribution in [2.24, 2.45) is 0 Å². The van der Waals surface area contributed by atoms with Crippen LogP contribution in [-0.4, -0.2) is 10.8 Å². The summed E-state index contributed by atoms with van der Waals surface area (Å²) < 4.78 is 0. The average molecular weight is 362 g/mol. The quantitative estimate of drug-likeness (QED) is 0.483. The lowest BCUT2D eigenvalue weighted by Crippen LogP contribution is -2.36. The van der Waals surface area contributed by atoms with Gasteiger partial charge in [0, 0.05) is 22.7 Å². The van der Waals surface area contributed by atoms with Gasteiger partial charge in [0.05, 0.1) is 10.5 Å². The number of benzene rings is 3. The number of rotatable bonds is 3. The van der Waals surface area contributed by atoms with Crippen LogP contribution in [-0.2, 0) is 0 Å². The molecule has 5 nitrogen and oxygen atoms in total. The molecule has 128 valence electrons. The van der Waals surface area contributed by atoms with Gasteiger partial charge in [0.2, 0.25) is 0 Å². The lowest BCUT2D eigenvalue weighted by molar-refractivity contribution is -0.384. The molecule has 1 aliphatic heterocycles. The Morgan fingerprint density at radius 1 is 0.923 bits per heavy atom. The number of hydrogen-bond acceptors (Lipinski definition) is 4. The molecule has 0 aromatic heterocycles. The van der Waals surface area contributed by atoms with Crippen LogP contribution >= 0.6 is 11.8 Å². The highest BCUT2D eigenvalue weighted by Crippen LogP contribution is 2.46. The normalized spacial score (nSPS) is 16.2. The van der Waals surface area contributed by atoms with E-state index in [0.717, 1.165) is 16.1 Å². The Bertz CT molecular complexity index is 991. The van der Waals surface area contributed by atoms with Gasteiger partial charge in [0.15, 0.2) is 0 Å². The smallest absolute Gasteiger partial charge is 0.269 e. The number of amides is 1. The molecular formula is C20H14N2O3S. The van der Waals surface area contributed by atoms with Gasteiger partial charge in [-0.2, -0.15) is 0 Å². The number of thioether (sulfide) groups is 1. The summed E-state index contributed by atoms with van der Waals surface area (Å²) in [5.74, 6) is -0.109. The molecule has 0 unspecified atom stereocenters. The van der Waals surface area contributed by atoms with Crippen LogP contribution in [0.4, 0.5) is 11.4 Å². The average Bonchev–Trinajstić information content (AvgIpc) is 2.68. The van der Waals surface area contributed by atoms with Crippen molar-refractivity contribution in [2.45, 2.75) is 10.3 Å². The molecule has 1 heterocycles. The lowest BCUT2D eigenvalue weighted by Gasteiger charge is -2.36. The number of para-hydroxylation sites is 1. The Morgan fingerprint density at radius 2 is 1.65 bits per heavy atom. The fraction of sp³-hybridized carbons (Fsp3) is 0.0500. The summed E-state index contributed by atoms with van der Waals surface area (Å²) in [5.41, 5.74) is 2.14. The summed E-state index contributed by atoms with van der Waals surface area (Å²) in [6.07, 6.45) is 0. The van der Waals surface area contributed by atoms with E-state index in [1.807, 2.05) is 60.7 Å². The maximum Gasteiger partial charge on any atom is 0.269 e. The Morgan fingerprint density at radius 3 is 2.42 bits per heavy atom. The summed E-state index contributed by atoms with van der Waals surface area (Å²) in [4.78, 5) is 26.5. The molecule has 1 aliphatic rings. The molecule has 0 N–H and O–H groups in total. The molecule has 0 saturated heterocycles. The predicted octanol–water partition coefficient (Wildman–Crippen LogP) is 5.05. The highest BCUT2D eigenvalue weighted by atomic mass is 32.2. The Balaban J connectivity index is 1.86. The first kappa shape index (κ1) is 16.4. The molecule has 3 aromatic rings. The number of nitro groups is 1. The van der Waals surface area contributed by atoms with Crippen LogP contribution in [0, 0.1) is 10.1 Å². The van der Waals surface area contributed by atoms with E-state index in [4.69, 9.17) is 0 Å². The van der Waals surface area contributed by atoms with Crippen molar-refractivity contribution in [3.63, 3.8) is 0 Å². The van der Waals surface area contributed by atoms with E-state index in [2.05, 4.69) is 0 Å². The zero-order valence-electron chi connectivity index (χ0n) is 13.6. The molecule has 0 fully saturated rings. The topological polar surface area (TPSA) is 63.4 Å². The standard InChI is InChI=1S/C20H14N2O3S/c23-19-17-11-4-5-12-18(17)26-20(21(19)15-8-2-1-3-9-15)14-7-6-10-16(13-14)22(24)25/h1-13,20H/t20-/m1/s1. The van der Waals surface area contributed by atoms with Crippen LogP contribution < -0.4 is 4.90 Å². The van der Waals surface area contributed by atoms with Gasteiger partial charge in [-0.05, 0) is 29.8 Å². The molecule has 0 saturated carbocycles. The van der Waals surface area contributed by atoms with Crippen LogP contribution in [0.1, 0.15) is 21.3 Å². The molecule has 4 rings (SSSR count). The number of carbonyl (C=O) groups excluding carboxylic acids is 1. The number of nitro benzene ring substituents is 1. The van der Waals surface area contributed by atoms with Crippen molar-refractivity contribution in [3.8, 4) is 0 Å². The van der Waals surface area contributed by atoms with Gasteiger partial charge < -0.3 is 0 Å². The second kappa shape index (κ2) is 6.65. The van der Waals surface area contributed by atoms with Crippen molar-refractivity contribution >= 4 is 29.0 Å². The Kier molecular flexibility index (Phi) is 4.18. The fourth-order valence-corrected chi connectivity index (χ4v) is 4.29. The highest BCUT2D eigenvalue weighted by molar-refractivity contribution is 7.99. The van der Waals surface area contributed by atoms with Gasteiger partial charge in [-0.1, -0.05) is 54.2 Å². The Labute approximate surface area is 154 Å². The number of carbonyl (C=O) groups is 1. The van der Waals surface area contributed by atoms with Crippen LogP contribution in [0.25, 0.3) is 0 Å². The minimum atomic E-state index is -0.417. The third kappa shape index (κ3) is 2.84. The molecule has 1 atom stereocenters. The van der Waals surface area contributed by atoms with E-state index in [1.54, 1.807) is 11.0 Å². The van der Waals surface area contributed by atoms with Gasteiger partial charge in [-0.25, -0.2) is 0 Å². The molecule has 3 aromatic carbocycles. The summed E-state index contributed by atoms with van der Waals surface area (Å²) in [6.45, 7) is 0. The van der Waals surface area contributed by atoms with Crippen molar-refractivity contribution in [1.82, 2.24) is 0 Å². The predicted molar refractivity (Wildman–Crippen MR) is 101 cm³/mol.